The number of amides is 2. The van der Waals surface area contributed by atoms with Gasteiger partial charge in [0, 0.05) is 10.2 Å². The SMILES string of the molecule is COc1ccc(C=C(NC(=O)c2ccccc2Br)C(=O)Nc2ccc(C)cc2)cc1. The Balaban J connectivity index is 1.89. The summed E-state index contributed by atoms with van der Waals surface area (Å²) in [5.41, 5.74) is 3.03. The maximum absolute atomic E-state index is 12.9. The van der Waals surface area contributed by atoms with Crippen LogP contribution in [0.4, 0.5) is 5.69 Å². The molecule has 0 unspecified atom stereocenters. The van der Waals surface area contributed by atoms with Crippen molar-refractivity contribution >= 4 is 39.5 Å². The van der Waals surface area contributed by atoms with Gasteiger partial charge in [0.05, 0.1) is 12.7 Å². The van der Waals surface area contributed by atoms with Crippen LogP contribution in [0.25, 0.3) is 6.08 Å². The Labute approximate surface area is 183 Å². The summed E-state index contributed by atoms with van der Waals surface area (Å²) >= 11 is 3.37. The van der Waals surface area contributed by atoms with Crippen LogP contribution in [0.3, 0.4) is 0 Å². The van der Waals surface area contributed by atoms with Gasteiger partial charge < -0.3 is 15.4 Å². The van der Waals surface area contributed by atoms with Crippen LogP contribution >= 0.6 is 15.9 Å². The van der Waals surface area contributed by atoms with Gasteiger partial charge in [0.1, 0.15) is 11.4 Å². The number of aryl methyl sites for hydroxylation is 1. The van der Waals surface area contributed by atoms with Crippen molar-refractivity contribution in [3.05, 3.63) is 99.7 Å². The fourth-order valence-electron chi connectivity index (χ4n) is 2.70. The topological polar surface area (TPSA) is 67.4 Å². The fourth-order valence-corrected chi connectivity index (χ4v) is 3.16. The predicted octanol–water partition coefficient (Wildman–Crippen LogP) is 5.18. The molecule has 2 amide bonds. The van der Waals surface area contributed by atoms with Crippen LogP contribution in [-0.4, -0.2) is 18.9 Å². The number of nitrogens with one attached hydrogen (secondary N) is 2. The lowest BCUT2D eigenvalue weighted by atomic mass is 10.1. The highest BCUT2D eigenvalue weighted by Gasteiger charge is 2.16. The predicted molar refractivity (Wildman–Crippen MR) is 122 cm³/mol. The molecule has 0 aliphatic rings. The quantitative estimate of drug-likeness (QED) is 0.494. The highest BCUT2D eigenvalue weighted by molar-refractivity contribution is 9.10. The second-order valence-corrected chi connectivity index (χ2v) is 7.44. The first kappa shape index (κ1) is 21.3. The summed E-state index contributed by atoms with van der Waals surface area (Å²) in [5.74, 6) is -0.105. The molecule has 3 aromatic rings. The first-order valence-corrected chi connectivity index (χ1v) is 10.1. The number of carbonyl (C=O) groups is 2. The number of rotatable bonds is 6. The van der Waals surface area contributed by atoms with Crippen molar-refractivity contribution in [3.63, 3.8) is 0 Å². The van der Waals surface area contributed by atoms with E-state index in [4.69, 9.17) is 4.74 Å². The zero-order valence-corrected chi connectivity index (χ0v) is 18.2. The molecule has 3 aromatic carbocycles. The molecular weight excluding hydrogens is 444 g/mol. The summed E-state index contributed by atoms with van der Waals surface area (Å²) in [7, 11) is 1.59. The van der Waals surface area contributed by atoms with Crippen molar-refractivity contribution in [1.29, 1.82) is 0 Å². The van der Waals surface area contributed by atoms with E-state index in [1.165, 1.54) is 0 Å². The van der Waals surface area contributed by atoms with Crippen LogP contribution in [0.2, 0.25) is 0 Å². The molecule has 0 aliphatic carbocycles. The zero-order chi connectivity index (χ0) is 21.5. The van der Waals surface area contributed by atoms with Crippen molar-refractivity contribution in [1.82, 2.24) is 5.32 Å². The molecule has 0 radical (unpaired) electrons. The van der Waals surface area contributed by atoms with Gasteiger partial charge in [0.15, 0.2) is 0 Å². The average molecular weight is 465 g/mol. The van der Waals surface area contributed by atoms with E-state index in [-0.39, 0.29) is 11.6 Å². The molecule has 30 heavy (non-hydrogen) atoms. The third-order valence-electron chi connectivity index (χ3n) is 4.35. The first-order chi connectivity index (χ1) is 14.5. The van der Waals surface area contributed by atoms with Crippen molar-refractivity contribution in [2.75, 3.05) is 12.4 Å². The van der Waals surface area contributed by atoms with Crippen molar-refractivity contribution < 1.29 is 14.3 Å². The lowest BCUT2D eigenvalue weighted by molar-refractivity contribution is -0.113. The van der Waals surface area contributed by atoms with E-state index < -0.39 is 5.91 Å². The number of anilines is 1. The molecule has 0 bridgehead atoms. The Kier molecular flexibility index (Phi) is 7.03. The summed E-state index contributed by atoms with van der Waals surface area (Å²) in [6, 6.07) is 21.7. The van der Waals surface area contributed by atoms with E-state index >= 15 is 0 Å². The summed E-state index contributed by atoms with van der Waals surface area (Å²) < 4.78 is 5.81. The molecule has 0 aromatic heterocycles. The van der Waals surface area contributed by atoms with Gasteiger partial charge in [-0.25, -0.2) is 0 Å². The van der Waals surface area contributed by atoms with E-state index in [1.807, 2.05) is 49.4 Å². The Morgan fingerprint density at radius 3 is 2.23 bits per heavy atom. The maximum Gasteiger partial charge on any atom is 0.272 e. The van der Waals surface area contributed by atoms with Crippen LogP contribution in [0.15, 0.2) is 83.0 Å². The number of hydrogen-bond donors (Lipinski definition) is 2. The highest BCUT2D eigenvalue weighted by Crippen LogP contribution is 2.18. The van der Waals surface area contributed by atoms with Crippen LogP contribution in [0.5, 0.6) is 5.75 Å². The summed E-state index contributed by atoms with van der Waals surface area (Å²) in [4.78, 5) is 25.7. The molecule has 0 heterocycles. The highest BCUT2D eigenvalue weighted by atomic mass is 79.9. The normalized spacial score (nSPS) is 11.0. The number of hydrogen-bond acceptors (Lipinski definition) is 3. The van der Waals surface area contributed by atoms with Crippen LogP contribution in [0, 0.1) is 6.92 Å². The van der Waals surface area contributed by atoms with Gasteiger partial charge in [0.25, 0.3) is 11.8 Å². The molecule has 152 valence electrons. The molecule has 0 saturated carbocycles. The zero-order valence-electron chi connectivity index (χ0n) is 16.6. The minimum absolute atomic E-state index is 0.126. The van der Waals surface area contributed by atoms with Gasteiger partial charge >= 0.3 is 0 Å². The van der Waals surface area contributed by atoms with E-state index in [0.717, 1.165) is 11.1 Å². The Bertz CT molecular complexity index is 1070. The first-order valence-electron chi connectivity index (χ1n) is 9.26. The van der Waals surface area contributed by atoms with E-state index in [2.05, 4.69) is 26.6 Å². The molecule has 0 atom stereocenters. The molecule has 0 aliphatic heterocycles. The minimum Gasteiger partial charge on any atom is -0.497 e. The Morgan fingerprint density at radius 1 is 0.933 bits per heavy atom. The van der Waals surface area contributed by atoms with Gasteiger partial charge in [-0.3, -0.25) is 9.59 Å². The van der Waals surface area contributed by atoms with E-state index in [9.17, 15) is 9.59 Å². The van der Waals surface area contributed by atoms with Gasteiger partial charge in [-0.15, -0.1) is 0 Å². The lowest BCUT2D eigenvalue weighted by Crippen LogP contribution is -2.31. The van der Waals surface area contributed by atoms with Crippen LogP contribution < -0.4 is 15.4 Å². The third kappa shape index (κ3) is 5.58. The van der Waals surface area contributed by atoms with Crippen LogP contribution in [0.1, 0.15) is 21.5 Å². The van der Waals surface area contributed by atoms with E-state index in [0.29, 0.717) is 21.5 Å². The smallest absolute Gasteiger partial charge is 0.272 e. The van der Waals surface area contributed by atoms with Crippen molar-refractivity contribution in [3.8, 4) is 5.75 Å². The molecule has 6 heteroatoms. The maximum atomic E-state index is 12.9. The van der Waals surface area contributed by atoms with Gasteiger partial charge in [0.2, 0.25) is 0 Å². The van der Waals surface area contributed by atoms with Gasteiger partial charge in [-0.05, 0) is 70.9 Å². The summed E-state index contributed by atoms with van der Waals surface area (Å²) in [6.07, 6.45) is 1.62. The molecule has 0 fully saturated rings. The number of ether oxygens (including phenoxy) is 1. The molecule has 0 spiro atoms. The van der Waals surface area contributed by atoms with E-state index in [1.54, 1.807) is 43.5 Å². The molecule has 3 rings (SSSR count). The number of carbonyl (C=O) groups excluding carboxylic acids is 2. The van der Waals surface area contributed by atoms with Crippen molar-refractivity contribution in [2.45, 2.75) is 6.92 Å². The summed E-state index contributed by atoms with van der Waals surface area (Å²) in [6.45, 7) is 1.97. The Morgan fingerprint density at radius 2 is 1.60 bits per heavy atom. The van der Waals surface area contributed by atoms with Gasteiger partial charge in [-0.2, -0.15) is 0 Å². The second-order valence-electron chi connectivity index (χ2n) is 6.59. The standard InChI is InChI=1S/C24H21BrN2O3/c1-16-7-11-18(12-8-16)26-24(29)22(15-17-9-13-19(30-2)14-10-17)27-23(28)20-5-3-4-6-21(20)25/h3-15H,1-2H3,(H,26,29)(H,27,28). The van der Waals surface area contributed by atoms with Crippen molar-refractivity contribution in [2.24, 2.45) is 0 Å². The third-order valence-corrected chi connectivity index (χ3v) is 5.04. The molecule has 0 saturated heterocycles. The second kappa shape index (κ2) is 9.89. The average Bonchev–Trinajstić information content (AvgIpc) is 2.75. The molecule has 5 nitrogen and oxygen atoms in total. The fraction of sp³-hybridized carbons (Fsp3) is 0.0833. The van der Waals surface area contributed by atoms with Gasteiger partial charge in [-0.1, -0.05) is 42.0 Å². The molecule has 2 N–H and O–H groups in total. The number of benzene rings is 3. The summed E-state index contributed by atoms with van der Waals surface area (Å²) in [5, 5.41) is 5.56. The minimum atomic E-state index is -0.421. The molecular formula is C24H21BrN2O3. The number of halogens is 1. The number of methoxy groups -OCH3 is 1. The largest absolute Gasteiger partial charge is 0.497 e. The van der Waals surface area contributed by atoms with Crippen LogP contribution in [-0.2, 0) is 4.79 Å². The Hall–Kier alpha value is -3.38. The lowest BCUT2D eigenvalue weighted by Gasteiger charge is -2.12. The monoisotopic (exact) mass is 464 g/mol.